The first kappa shape index (κ1) is 16.4. The fourth-order valence-corrected chi connectivity index (χ4v) is 1.64. The predicted octanol–water partition coefficient (Wildman–Crippen LogP) is 1.98. The van der Waals surface area contributed by atoms with Crippen LogP contribution in [0.1, 0.15) is 26.7 Å². The van der Waals surface area contributed by atoms with Crippen molar-refractivity contribution < 1.29 is 18.3 Å². The summed E-state index contributed by atoms with van der Waals surface area (Å²) in [6.45, 7) is 4.50. The molecule has 3 N–H and O–H groups in total. The summed E-state index contributed by atoms with van der Waals surface area (Å²) in [7, 11) is 0. The van der Waals surface area contributed by atoms with Crippen molar-refractivity contribution >= 4 is 5.91 Å². The van der Waals surface area contributed by atoms with Gasteiger partial charge >= 0.3 is 0 Å². The van der Waals surface area contributed by atoms with Crippen molar-refractivity contribution in [1.82, 2.24) is 5.32 Å². The zero-order chi connectivity index (χ0) is 15.2. The molecule has 0 aliphatic heterocycles. The fraction of sp³-hybridized carbons (Fsp3) is 0.500. The van der Waals surface area contributed by atoms with Gasteiger partial charge in [-0.15, -0.1) is 0 Å². The number of ether oxygens (including phenoxy) is 1. The van der Waals surface area contributed by atoms with Gasteiger partial charge in [-0.3, -0.25) is 4.79 Å². The molecular weight excluding hydrogens is 266 g/mol. The van der Waals surface area contributed by atoms with E-state index in [1.807, 2.05) is 6.92 Å². The van der Waals surface area contributed by atoms with Crippen molar-refractivity contribution in [3.8, 4) is 5.75 Å². The molecule has 0 aromatic heterocycles. The number of hydrogen-bond acceptors (Lipinski definition) is 3. The van der Waals surface area contributed by atoms with Crippen LogP contribution in [0, 0.1) is 11.6 Å². The van der Waals surface area contributed by atoms with Crippen LogP contribution in [0.2, 0.25) is 0 Å². The summed E-state index contributed by atoms with van der Waals surface area (Å²) in [5, 5.41) is 3.06. The quantitative estimate of drug-likeness (QED) is 0.768. The van der Waals surface area contributed by atoms with E-state index in [9.17, 15) is 13.6 Å². The SMILES string of the molecule is CCCNC(C)(CCOc1ccc(F)c(F)c1)C(N)=O. The van der Waals surface area contributed by atoms with Gasteiger partial charge in [-0.1, -0.05) is 6.92 Å². The molecule has 0 saturated carbocycles. The summed E-state index contributed by atoms with van der Waals surface area (Å²) in [4.78, 5) is 11.5. The minimum Gasteiger partial charge on any atom is -0.493 e. The van der Waals surface area contributed by atoms with Gasteiger partial charge in [0.05, 0.1) is 12.1 Å². The highest BCUT2D eigenvalue weighted by molar-refractivity contribution is 5.84. The molecule has 1 amide bonds. The lowest BCUT2D eigenvalue weighted by molar-refractivity contribution is -0.124. The van der Waals surface area contributed by atoms with E-state index in [0.717, 1.165) is 18.6 Å². The lowest BCUT2D eigenvalue weighted by atomic mass is 9.97. The number of halogens is 2. The number of benzene rings is 1. The van der Waals surface area contributed by atoms with Crippen molar-refractivity contribution in [2.24, 2.45) is 5.73 Å². The van der Waals surface area contributed by atoms with Gasteiger partial charge in [0.25, 0.3) is 0 Å². The van der Waals surface area contributed by atoms with Crippen LogP contribution in [-0.4, -0.2) is 24.6 Å². The van der Waals surface area contributed by atoms with E-state index in [0.29, 0.717) is 13.0 Å². The minimum absolute atomic E-state index is 0.168. The molecule has 0 spiro atoms. The molecule has 1 aromatic rings. The first-order valence-corrected chi connectivity index (χ1v) is 6.52. The molecule has 1 rings (SSSR count). The number of nitrogens with one attached hydrogen (secondary N) is 1. The van der Waals surface area contributed by atoms with Crippen LogP contribution in [0.4, 0.5) is 8.78 Å². The van der Waals surface area contributed by atoms with Gasteiger partial charge in [-0.2, -0.15) is 0 Å². The van der Waals surface area contributed by atoms with Gasteiger partial charge in [-0.05, 0) is 32.0 Å². The molecular formula is C14H20F2N2O2. The zero-order valence-electron chi connectivity index (χ0n) is 11.7. The Bertz CT molecular complexity index is 468. The third-order valence-corrected chi connectivity index (χ3v) is 3.07. The van der Waals surface area contributed by atoms with Crippen LogP contribution in [0.25, 0.3) is 0 Å². The molecule has 6 heteroatoms. The molecule has 0 heterocycles. The lowest BCUT2D eigenvalue weighted by Gasteiger charge is -2.27. The third kappa shape index (κ3) is 4.45. The number of rotatable bonds is 8. The zero-order valence-corrected chi connectivity index (χ0v) is 11.7. The predicted molar refractivity (Wildman–Crippen MR) is 72.4 cm³/mol. The van der Waals surface area contributed by atoms with Gasteiger partial charge in [0.2, 0.25) is 5.91 Å². The van der Waals surface area contributed by atoms with Gasteiger partial charge in [0, 0.05) is 12.5 Å². The van der Waals surface area contributed by atoms with Crippen molar-refractivity contribution in [2.45, 2.75) is 32.2 Å². The number of hydrogen-bond donors (Lipinski definition) is 2. The molecule has 0 aliphatic carbocycles. The summed E-state index contributed by atoms with van der Waals surface area (Å²) in [5.74, 6) is -2.15. The van der Waals surface area contributed by atoms with E-state index in [1.165, 1.54) is 6.07 Å². The van der Waals surface area contributed by atoms with Crippen LogP contribution in [0.3, 0.4) is 0 Å². The largest absolute Gasteiger partial charge is 0.493 e. The van der Waals surface area contributed by atoms with E-state index in [2.05, 4.69) is 5.32 Å². The molecule has 0 aliphatic rings. The maximum Gasteiger partial charge on any atom is 0.237 e. The van der Waals surface area contributed by atoms with E-state index in [1.54, 1.807) is 6.92 Å². The second kappa shape index (κ2) is 7.19. The molecule has 112 valence electrons. The topological polar surface area (TPSA) is 64.3 Å². The van der Waals surface area contributed by atoms with Crippen molar-refractivity contribution in [3.63, 3.8) is 0 Å². The molecule has 0 saturated heterocycles. The van der Waals surface area contributed by atoms with Crippen molar-refractivity contribution in [2.75, 3.05) is 13.2 Å². The summed E-state index contributed by atoms with van der Waals surface area (Å²) in [6.07, 6.45) is 1.20. The second-order valence-electron chi connectivity index (χ2n) is 4.80. The Labute approximate surface area is 117 Å². The molecule has 4 nitrogen and oxygen atoms in total. The highest BCUT2D eigenvalue weighted by Crippen LogP contribution is 2.17. The Balaban J connectivity index is 2.55. The van der Waals surface area contributed by atoms with Gasteiger partial charge in [0.15, 0.2) is 11.6 Å². The Hall–Kier alpha value is -1.69. The Morgan fingerprint density at radius 2 is 2.10 bits per heavy atom. The first-order valence-electron chi connectivity index (χ1n) is 6.52. The Kier molecular flexibility index (Phi) is 5.88. The van der Waals surface area contributed by atoms with Gasteiger partial charge < -0.3 is 15.8 Å². The minimum atomic E-state index is -0.968. The molecule has 0 radical (unpaired) electrons. The molecule has 1 unspecified atom stereocenters. The molecule has 1 atom stereocenters. The maximum atomic E-state index is 13.0. The molecule has 0 fully saturated rings. The second-order valence-corrected chi connectivity index (χ2v) is 4.80. The molecule has 0 bridgehead atoms. The van der Waals surface area contributed by atoms with Crippen molar-refractivity contribution in [3.05, 3.63) is 29.8 Å². The van der Waals surface area contributed by atoms with Gasteiger partial charge in [-0.25, -0.2) is 8.78 Å². The van der Waals surface area contributed by atoms with Crippen LogP contribution in [-0.2, 0) is 4.79 Å². The number of nitrogens with two attached hydrogens (primary N) is 1. The number of carbonyl (C=O) groups excluding carboxylic acids is 1. The highest BCUT2D eigenvalue weighted by Gasteiger charge is 2.29. The lowest BCUT2D eigenvalue weighted by Crippen LogP contribution is -2.54. The van der Waals surface area contributed by atoms with E-state index < -0.39 is 23.1 Å². The summed E-state index contributed by atoms with van der Waals surface area (Å²) in [5.41, 5.74) is 4.49. The average molecular weight is 286 g/mol. The van der Waals surface area contributed by atoms with Crippen molar-refractivity contribution in [1.29, 1.82) is 0 Å². The Morgan fingerprint density at radius 3 is 2.65 bits per heavy atom. The third-order valence-electron chi connectivity index (χ3n) is 3.07. The van der Waals surface area contributed by atoms with Gasteiger partial charge in [0.1, 0.15) is 5.75 Å². The number of primary amides is 1. The number of amides is 1. The van der Waals surface area contributed by atoms with Crippen LogP contribution in [0.15, 0.2) is 18.2 Å². The standard InChI is InChI=1S/C14H20F2N2O2/c1-3-7-18-14(2,13(17)19)6-8-20-10-4-5-11(15)12(16)9-10/h4-5,9,18H,3,6-8H2,1-2H3,(H2,17,19). The van der Waals surface area contributed by atoms with Crippen LogP contribution < -0.4 is 15.8 Å². The Morgan fingerprint density at radius 1 is 1.40 bits per heavy atom. The van der Waals surface area contributed by atoms with Crippen LogP contribution in [0.5, 0.6) is 5.75 Å². The fourth-order valence-electron chi connectivity index (χ4n) is 1.64. The number of carbonyl (C=O) groups is 1. The monoisotopic (exact) mass is 286 g/mol. The summed E-state index contributed by atoms with van der Waals surface area (Å²) in [6, 6.07) is 3.29. The maximum absolute atomic E-state index is 13.0. The smallest absolute Gasteiger partial charge is 0.237 e. The molecule has 20 heavy (non-hydrogen) atoms. The average Bonchev–Trinajstić information content (AvgIpc) is 2.40. The summed E-state index contributed by atoms with van der Waals surface area (Å²) < 4.78 is 31.1. The van der Waals surface area contributed by atoms with Crippen LogP contribution >= 0.6 is 0 Å². The first-order chi connectivity index (χ1) is 9.39. The van der Waals surface area contributed by atoms with E-state index in [4.69, 9.17) is 10.5 Å². The normalized spacial score (nSPS) is 13.8. The van der Waals surface area contributed by atoms with E-state index >= 15 is 0 Å². The highest BCUT2D eigenvalue weighted by atomic mass is 19.2. The molecule has 1 aromatic carbocycles. The summed E-state index contributed by atoms with van der Waals surface area (Å²) >= 11 is 0. The van der Waals surface area contributed by atoms with E-state index in [-0.39, 0.29) is 12.4 Å².